The van der Waals surface area contributed by atoms with Gasteiger partial charge in [0.1, 0.15) is 0 Å². The molecule has 0 aromatic carbocycles. The quantitative estimate of drug-likeness (QED) is 0.673. The molecule has 1 aromatic heterocycles. The van der Waals surface area contributed by atoms with Crippen LogP contribution in [-0.2, 0) is 0 Å². The zero-order valence-electron chi connectivity index (χ0n) is 5.18. The maximum Gasteiger partial charge on any atom is 0.290 e. The van der Waals surface area contributed by atoms with E-state index in [1.807, 2.05) is 0 Å². The molecular weight excluding hydrogens is 200 g/mol. The molecule has 0 atom stereocenters. The van der Waals surface area contributed by atoms with Crippen LogP contribution in [0.5, 0.6) is 0 Å². The Morgan fingerprint density at radius 1 is 1.80 bits per heavy atom. The molecule has 0 saturated heterocycles. The van der Waals surface area contributed by atoms with Crippen LogP contribution in [0.2, 0.25) is 0 Å². The molecule has 1 amide bonds. The van der Waals surface area contributed by atoms with Gasteiger partial charge in [-0.3, -0.25) is 9.89 Å². The van der Waals surface area contributed by atoms with Gasteiger partial charge in [0.2, 0.25) is 5.82 Å². The number of carbonyl (C=O) groups is 1. The molecule has 0 unspecified atom stereocenters. The number of aromatic amines is 1. The summed E-state index contributed by atoms with van der Waals surface area (Å²) in [4.78, 5) is 14.5. The fraction of sp³-hybridized carbons (Fsp3) is 0.250. The van der Waals surface area contributed by atoms with E-state index in [9.17, 15) is 4.79 Å². The van der Waals surface area contributed by atoms with E-state index >= 15 is 0 Å². The fourth-order valence-corrected chi connectivity index (χ4v) is 0.712. The summed E-state index contributed by atoms with van der Waals surface area (Å²) in [5, 5.41) is 8.46. The molecule has 0 aliphatic rings. The predicted octanol–water partition coefficient (Wildman–Crippen LogP) is -0.0732. The fourth-order valence-electron chi connectivity index (χ4n) is 0.455. The van der Waals surface area contributed by atoms with Crippen molar-refractivity contribution in [3.63, 3.8) is 0 Å². The lowest BCUT2D eigenvalue weighted by Gasteiger charge is -1.87. The van der Waals surface area contributed by atoms with Crippen molar-refractivity contribution in [3.8, 4) is 0 Å². The smallest absolute Gasteiger partial charge is 0.290 e. The summed E-state index contributed by atoms with van der Waals surface area (Å²) in [6.45, 7) is 0. The summed E-state index contributed by atoms with van der Waals surface area (Å²) < 4.78 is 0.450. The van der Waals surface area contributed by atoms with Gasteiger partial charge in [0.25, 0.3) is 5.91 Å². The van der Waals surface area contributed by atoms with Crippen LogP contribution in [0.1, 0.15) is 10.6 Å². The van der Waals surface area contributed by atoms with Crippen LogP contribution in [0, 0.1) is 0 Å². The summed E-state index contributed by atoms with van der Waals surface area (Å²) in [5.41, 5.74) is 0. The van der Waals surface area contributed by atoms with Gasteiger partial charge < -0.3 is 5.32 Å². The van der Waals surface area contributed by atoms with Crippen LogP contribution >= 0.6 is 15.9 Å². The second kappa shape index (κ2) is 2.78. The Morgan fingerprint density at radius 2 is 2.50 bits per heavy atom. The molecule has 5 nitrogen and oxygen atoms in total. The van der Waals surface area contributed by atoms with Gasteiger partial charge in [0.05, 0.1) is 0 Å². The molecular formula is C4H5BrN4O. The highest BCUT2D eigenvalue weighted by Crippen LogP contribution is 1.99. The minimum absolute atomic E-state index is 0.134. The third-order valence-corrected chi connectivity index (χ3v) is 1.24. The second-order valence-corrected chi connectivity index (χ2v) is 2.28. The van der Waals surface area contributed by atoms with Crippen LogP contribution < -0.4 is 5.32 Å². The molecule has 0 aliphatic heterocycles. The molecule has 54 valence electrons. The van der Waals surface area contributed by atoms with Crippen molar-refractivity contribution < 1.29 is 4.79 Å². The number of aromatic nitrogens is 3. The van der Waals surface area contributed by atoms with E-state index in [0.717, 1.165) is 0 Å². The standard InChI is InChI=1S/C4H5BrN4O/c1-6-3(10)2-7-4(5)9-8-2/h1H3,(H,6,10)(H,7,8,9). The Balaban J connectivity index is 2.85. The van der Waals surface area contributed by atoms with Gasteiger partial charge in [-0.15, -0.1) is 5.10 Å². The summed E-state index contributed by atoms with van der Waals surface area (Å²) in [6, 6.07) is 0. The predicted molar refractivity (Wildman–Crippen MR) is 37.5 cm³/mol. The normalized spacial score (nSPS) is 9.40. The summed E-state index contributed by atoms with van der Waals surface area (Å²) in [6.07, 6.45) is 0. The van der Waals surface area contributed by atoms with Crippen LogP contribution in [-0.4, -0.2) is 28.1 Å². The van der Waals surface area contributed by atoms with Gasteiger partial charge in [0, 0.05) is 7.05 Å². The Morgan fingerprint density at radius 3 is 2.90 bits per heavy atom. The average molecular weight is 205 g/mol. The number of H-pyrrole nitrogens is 1. The van der Waals surface area contributed by atoms with Crippen LogP contribution in [0.3, 0.4) is 0 Å². The zero-order chi connectivity index (χ0) is 7.56. The van der Waals surface area contributed by atoms with Crippen molar-refractivity contribution in [1.29, 1.82) is 0 Å². The van der Waals surface area contributed by atoms with E-state index in [1.54, 1.807) is 0 Å². The van der Waals surface area contributed by atoms with Crippen LogP contribution in [0.25, 0.3) is 0 Å². The SMILES string of the molecule is CNC(=O)c1n[nH]c(Br)n1. The van der Waals surface area contributed by atoms with Gasteiger partial charge in [-0.05, 0) is 15.9 Å². The second-order valence-electron chi connectivity index (χ2n) is 1.53. The maximum absolute atomic E-state index is 10.7. The molecule has 0 aliphatic carbocycles. The Hall–Kier alpha value is -0.910. The molecule has 1 aromatic rings. The van der Waals surface area contributed by atoms with Crippen molar-refractivity contribution in [1.82, 2.24) is 20.5 Å². The lowest BCUT2D eigenvalue weighted by molar-refractivity contribution is 0.0953. The van der Waals surface area contributed by atoms with Crippen molar-refractivity contribution in [2.24, 2.45) is 0 Å². The molecule has 1 rings (SSSR count). The highest BCUT2D eigenvalue weighted by Gasteiger charge is 2.07. The monoisotopic (exact) mass is 204 g/mol. The first-order valence-corrected chi connectivity index (χ1v) is 3.33. The first kappa shape index (κ1) is 7.20. The molecule has 0 radical (unpaired) electrons. The number of rotatable bonds is 1. The van der Waals surface area contributed by atoms with Crippen LogP contribution in [0.15, 0.2) is 4.73 Å². The van der Waals surface area contributed by atoms with Crippen molar-refractivity contribution in [2.45, 2.75) is 0 Å². The van der Waals surface area contributed by atoms with Crippen molar-refractivity contribution in [2.75, 3.05) is 7.05 Å². The summed E-state index contributed by atoms with van der Waals surface area (Å²) in [5.74, 6) is -0.170. The maximum atomic E-state index is 10.7. The third-order valence-electron chi connectivity index (χ3n) is 0.888. The highest BCUT2D eigenvalue weighted by molar-refractivity contribution is 9.10. The Bertz CT molecular complexity index is 245. The largest absolute Gasteiger partial charge is 0.352 e. The van der Waals surface area contributed by atoms with Crippen molar-refractivity contribution in [3.05, 3.63) is 10.6 Å². The van der Waals surface area contributed by atoms with E-state index in [4.69, 9.17) is 0 Å². The minimum atomic E-state index is -0.304. The molecule has 10 heavy (non-hydrogen) atoms. The van der Waals surface area contributed by atoms with E-state index in [1.165, 1.54) is 7.05 Å². The summed E-state index contributed by atoms with van der Waals surface area (Å²) >= 11 is 3.02. The molecule has 0 fully saturated rings. The van der Waals surface area contributed by atoms with E-state index in [2.05, 4.69) is 36.4 Å². The van der Waals surface area contributed by atoms with Gasteiger partial charge in [0.15, 0.2) is 4.73 Å². The van der Waals surface area contributed by atoms with E-state index < -0.39 is 0 Å². The molecule has 0 saturated carbocycles. The first-order chi connectivity index (χ1) is 4.74. The first-order valence-electron chi connectivity index (χ1n) is 2.54. The molecule has 6 heteroatoms. The van der Waals surface area contributed by atoms with Crippen LogP contribution in [0.4, 0.5) is 0 Å². The van der Waals surface area contributed by atoms with Crippen molar-refractivity contribution >= 4 is 21.8 Å². The molecule has 0 bridgehead atoms. The van der Waals surface area contributed by atoms with Gasteiger partial charge >= 0.3 is 0 Å². The van der Waals surface area contributed by atoms with E-state index in [-0.39, 0.29) is 11.7 Å². The van der Waals surface area contributed by atoms with Gasteiger partial charge in [-0.2, -0.15) is 4.98 Å². The number of nitrogens with zero attached hydrogens (tertiary/aromatic N) is 2. The lowest BCUT2D eigenvalue weighted by atomic mass is 10.6. The number of hydrogen-bond acceptors (Lipinski definition) is 3. The molecule has 0 spiro atoms. The zero-order valence-corrected chi connectivity index (χ0v) is 6.77. The molecule has 1 heterocycles. The number of nitrogens with one attached hydrogen (secondary N) is 2. The Kier molecular flexibility index (Phi) is 2.00. The molecule has 2 N–H and O–H groups in total. The summed E-state index contributed by atoms with van der Waals surface area (Å²) in [7, 11) is 1.52. The lowest BCUT2D eigenvalue weighted by Crippen LogP contribution is -2.19. The van der Waals surface area contributed by atoms with Gasteiger partial charge in [-0.1, -0.05) is 0 Å². The number of halogens is 1. The highest BCUT2D eigenvalue weighted by atomic mass is 79.9. The minimum Gasteiger partial charge on any atom is -0.352 e. The third kappa shape index (κ3) is 1.32. The van der Waals surface area contributed by atoms with E-state index in [0.29, 0.717) is 4.73 Å². The number of hydrogen-bond donors (Lipinski definition) is 2. The Labute approximate surface area is 65.4 Å². The van der Waals surface area contributed by atoms with Gasteiger partial charge in [-0.25, -0.2) is 0 Å². The number of carbonyl (C=O) groups excluding carboxylic acids is 1. The number of amides is 1. The average Bonchev–Trinajstić information content (AvgIpc) is 2.34. The topological polar surface area (TPSA) is 70.7 Å².